The Morgan fingerprint density at radius 2 is 2.28 bits per heavy atom. The van der Waals surface area contributed by atoms with Crippen LogP contribution in [0.2, 0.25) is 0 Å². The van der Waals surface area contributed by atoms with Gasteiger partial charge in [0.05, 0.1) is 23.1 Å². The molecule has 1 unspecified atom stereocenters. The molecule has 0 saturated carbocycles. The zero-order valence-corrected chi connectivity index (χ0v) is 14.0. The Kier molecular flexibility index (Phi) is 4.47. The van der Waals surface area contributed by atoms with Gasteiger partial charge in [-0.2, -0.15) is 5.10 Å². The molecule has 0 spiro atoms. The standard InChI is InChI=1S/C11H13Br2N3OS/c1-3-16-10(7(17-2)5-15-16)9(14)8-4-6(12)11(13)18-8/h4-5,9H,3,14H2,1-2H3. The van der Waals surface area contributed by atoms with Crippen LogP contribution in [0.5, 0.6) is 5.75 Å². The number of ether oxygens (including phenoxy) is 1. The van der Waals surface area contributed by atoms with Gasteiger partial charge in [-0.1, -0.05) is 0 Å². The predicted molar refractivity (Wildman–Crippen MR) is 80.2 cm³/mol. The van der Waals surface area contributed by atoms with Crippen LogP contribution in [0.3, 0.4) is 0 Å². The molecule has 1 atom stereocenters. The SMILES string of the molecule is CCn1ncc(OC)c1C(N)c1cc(Br)c(Br)s1. The van der Waals surface area contributed by atoms with Gasteiger partial charge in [0.15, 0.2) is 5.75 Å². The van der Waals surface area contributed by atoms with Gasteiger partial charge in [-0.15, -0.1) is 11.3 Å². The zero-order chi connectivity index (χ0) is 13.3. The van der Waals surface area contributed by atoms with Crippen molar-refractivity contribution in [1.29, 1.82) is 0 Å². The van der Waals surface area contributed by atoms with E-state index < -0.39 is 0 Å². The van der Waals surface area contributed by atoms with Crippen LogP contribution >= 0.6 is 43.2 Å². The van der Waals surface area contributed by atoms with Gasteiger partial charge in [0, 0.05) is 15.9 Å². The fourth-order valence-electron chi connectivity index (χ4n) is 1.75. The lowest BCUT2D eigenvalue weighted by atomic mass is 10.1. The second-order valence-corrected chi connectivity index (χ2v) is 6.92. The number of thiophene rings is 1. The molecule has 0 aliphatic rings. The van der Waals surface area contributed by atoms with Crippen LogP contribution in [0.15, 0.2) is 20.5 Å². The molecule has 0 aliphatic heterocycles. The maximum atomic E-state index is 6.32. The van der Waals surface area contributed by atoms with Gasteiger partial charge in [0.1, 0.15) is 5.69 Å². The maximum Gasteiger partial charge on any atom is 0.161 e. The van der Waals surface area contributed by atoms with Crippen LogP contribution in [0.4, 0.5) is 0 Å². The first kappa shape index (κ1) is 14.0. The van der Waals surface area contributed by atoms with Crippen molar-refractivity contribution in [1.82, 2.24) is 9.78 Å². The summed E-state index contributed by atoms with van der Waals surface area (Å²) in [7, 11) is 1.63. The Morgan fingerprint density at radius 1 is 1.56 bits per heavy atom. The largest absolute Gasteiger partial charge is 0.493 e. The molecule has 18 heavy (non-hydrogen) atoms. The van der Waals surface area contributed by atoms with Crippen molar-refractivity contribution in [2.45, 2.75) is 19.5 Å². The summed E-state index contributed by atoms with van der Waals surface area (Å²) in [5.74, 6) is 0.727. The van der Waals surface area contributed by atoms with E-state index in [0.29, 0.717) is 0 Å². The van der Waals surface area contributed by atoms with Gasteiger partial charge in [-0.05, 0) is 44.8 Å². The fraction of sp³-hybridized carbons (Fsp3) is 0.364. The summed E-state index contributed by atoms with van der Waals surface area (Å²) in [6.07, 6.45) is 1.70. The quantitative estimate of drug-likeness (QED) is 0.862. The van der Waals surface area contributed by atoms with Crippen molar-refractivity contribution in [2.24, 2.45) is 5.73 Å². The van der Waals surface area contributed by atoms with E-state index in [9.17, 15) is 0 Å². The van der Waals surface area contributed by atoms with E-state index in [1.807, 2.05) is 17.7 Å². The van der Waals surface area contributed by atoms with E-state index >= 15 is 0 Å². The molecule has 2 N–H and O–H groups in total. The summed E-state index contributed by atoms with van der Waals surface area (Å²) in [4.78, 5) is 1.06. The minimum absolute atomic E-state index is 0.241. The number of aromatic nitrogens is 2. The molecule has 0 aliphatic carbocycles. The molecule has 2 aromatic heterocycles. The maximum absolute atomic E-state index is 6.32. The summed E-state index contributed by atoms with van der Waals surface area (Å²) >= 11 is 8.56. The van der Waals surface area contributed by atoms with E-state index in [2.05, 4.69) is 37.0 Å². The summed E-state index contributed by atoms with van der Waals surface area (Å²) < 4.78 is 9.24. The molecule has 0 saturated heterocycles. The van der Waals surface area contributed by atoms with Gasteiger partial charge in [-0.3, -0.25) is 4.68 Å². The Balaban J connectivity index is 2.44. The fourth-order valence-corrected chi connectivity index (χ4v) is 3.85. The monoisotopic (exact) mass is 393 g/mol. The van der Waals surface area contributed by atoms with Gasteiger partial charge in [0.2, 0.25) is 0 Å². The molecule has 0 radical (unpaired) electrons. The van der Waals surface area contributed by atoms with E-state index in [1.54, 1.807) is 24.6 Å². The number of methoxy groups -OCH3 is 1. The van der Waals surface area contributed by atoms with Crippen molar-refractivity contribution in [3.63, 3.8) is 0 Å². The Labute approximate surface area is 126 Å². The molecule has 98 valence electrons. The smallest absolute Gasteiger partial charge is 0.161 e. The Hall–Kier alpha value is -0.370. The van der Waals surface area contributed by atoms with Crippen LogP contribution in [-0.4, -0.2) is 16.9 Å². The second-order valence-electron chi connectivity index (χ2n) is 3.66. The molecule has 2 aromatic rings. The lowest BCUT2D eigenvalue weighted by molar-refractivity contribution is 0.405. The van der Waals surface area contributed by atoms with Crippen molar-refractivity contribution < 1.29 is 4.74 Å². The predicted octanol–water partition coefficient (Wildman–Crippen LogP) is 3.55. The topological polar surface area (TPSA) is 53.1 Å². The van der Waals surface area contributed by atoms with Crippen molar-refractivity contribution >= 4 is 43.2 Å². The number of halogens is 2. The highest BCUT2D eigenvalue weighted by Gasteiger charge is 2.22. The molecule has 7 heteroatoms. The summed E-state index contributed by atoms with van der Waals surface area (Å²) in [5, 5.41) is 4.27. The normalized spacial score (nSPS) is 12.7. The van der Waals surface area contributed by atoms with E-state index in [1.165, 1.54) is 0 Å². The minimum atomic E-state index is -0.241. The average molecular weight is 395 g/mol. The molecular weight excluding hydrogens is 382 g/mol. The molecule has 2 rings (SSSR count). The first-order chi connectivity index (χ1) is 8.58. The first-order valence-corrected chi connectivity index (χ1v) is 7.78. The molecule has 0 aromatic carbocycles. The number of hydrogen-bond acceptors (Lipinski definition) is 4. The zero-order valence-electron chi connectivity index (χ0n) is 9.98. The molecule has 2 heterocycles. The Morgan fingerprint density at radius 3 is 2.78 bits per heavy atom. The van der Waals surface area contributed by atoms with Crippen molar-refractivity contribution in [3.05, 3.63) is 31.1 Å². The van der Waals surface area contributed by atoms with Gasteiger partial charge < -0.3 is 10.5 Å². The van der Waals surface area contributed by atoms with Crippen LogP contribution in [0.1, 0.15) is 23.5 Å². The van der Waals surface area contributed by atoms with Crippen LogP contribution in [-0.2, 0) is 6.54 Å². The van der Waals surface area contributed by atoms with Crippen molar-refractivity contribution in [3.8, 4) is 5.75 Å². The highest BCUT2D eigenvalue weighted by molar-refractivity contribution is 9.13. The highest BCUT2D eigenvalue weighted by Crippen LogP contribution is 2.38. The van der Waals surface area contributed by atoms with E-state index in [4.69, 9.17) is 10.5 Å². The van der Waals surface area contributed by atoms with Gasteiger partial charge >= 0.3 is 0 Å². The minimum Gasteiger partial charge on any atom is -0.493 e. The van der Waals surface area contributed by atoms with Gasteiger partial charge in [0.25, 0.3) is 0 Å². The third-order valence-electron chi connectivity index (χ3n) is 2.63. The lowest BCUT2D eigenvalue weighted by Crippen LogP contribution is -2.17. The average Bonchev–Trinajstić information content (AvgIpc) is 2.92. The first-order valence-electron chi connectivity index (χ1n) is 5.38. The molecule has 4 nitrogen and oxygen atoms in total. The summed E-state index contributed by atoms with van der Waals surface area (Å²) in [6.45, 7) is 2.79. The highest BCUT2D eigenvalue weighted by atomic mass is 79.9. The van der Waals surface area contributed by atoms with E-state index in [0.717, 1.165) is 31.1 Å². The van der Waals surface area contributed by atoms with Gasteiger partial charge in [-0.25, -0.2) is 0 Å². The third kappa shape index (κ3) is 2.49. The van der Waals surface area contributed by atoms with Crippen LogP contribution in [0.25, 0.3) is 0 Å². The van der Waals surface area contributed by atoms with E-state index in [-0.39, 0.29) is 6.04 Å². The number of rotatable bonds is 4. The van der Waals surface area contributed by atoms with Crippen LogP contribution < -0.4 is 10.5 Å². The summed E-state index contributed by atoms with van der Waals surface area (Å²) in [5.41, 5.74) is 7.23. The molecule has 0 bridgehead atoms. The van der Waals surface area contributed by atoms with Crippen molar-refractivity contribution in [2.75, 3.05) is 7.11 Å². The number of hydrogen-bond donors (Lipinski definition) is 1. The Bertz CT molecular complexity index is 511. The lowest BCUT2D eigenvalue weighted by Gasteiger charge is -2.13. The number of aryl methyl sites for hydroxylation is 1. The van der Waals surface area contributed by atoms with Crippen LogP contribution in [0, 0.1) is 0 Å². The number of nitrogens with two attached hydrogens (primary N) is 1. The second kappa shape index (κ2) is 5.73. The third-order valence-corrected chi connectivity index (χ3v) is 5.97. The number of nitrogens with zero attached hydrogens (tertiary/aromatic N) is 2. The molecular formula is C11H13Br2N3OS. The molecule has 0 amide bonds. The summed E-state index contributed by atoms with van der Waals surface area (Å²) in [6, 6.07) is 1.78. The molecule has 0 fully saturated rings.